The fraction of sp³-hybridized carbons (Fsp3) is 0.667. The van der Waals surface area contributed by atoms with Gasteiger partial charge < -0.3 is 10.1 Å². The SMILES string of the molecule is CCCCC1=NN(C(=O)N[C@@]2(C)[C@H]3CC[C@]2(C)CC3)CC1c1ccccc1OC. The van der Waals surface area contributed by atoms with Gasteiger partial charge in [-0.3, -0.25) is 0 Å². The highest BCUT2D eigenvalue weighted by atomic mass is 16.5. The van der Waals surface area contributed by atoms with Gasteiger partial charge in [-0.2, -0.15) is 5.10 Å². The minimum Gasteiger partial charge on any atom is -0.496 e. The number of para-hydroxylation sites is 1. The van der Waals surface area contributed by atoms with E-state index in [4.69, 9.17) is 9.84 Å². The number of nitrogens with one attached hydrogen (secondary N) is 1. The van der Waals surface area contributed by atoms with Crippen LogP contribution < -0.4 is 10.1 Å². The number of hydrogen-bond acceptors (Lipinski definition) is 3. The van der Waals surface area contributed by atoms with Gasteiger partial charge in [0.15, 0.2) is 0 Å². The van der Waals surface area contributed by atoms with Crippen LogP contribution in [-0.2, 0) is 0 Å². The summed E-state index contributed by atoms with van der Waals surface area (Å²) < 4.78 is 5.61. The molecule has 0 saturated heterocycles. The number of amides is 2. The summed E-state index contributed by atoms with van der Waals surface area (Å²) in [7, 11) is 1.71. The second-order valence-electron chi connectivity index (χ2n) is 9.54. The standard InChI is InChI=1S/C24H35N3O2/c1-5-6-10-20-19(18-9-7-8-11-21(18)29-4)16-27(26-20)22(28)25-24(3)17-12-14-23(24,2)15-13-17/h7-9,11,17,19H,5-6,10,12-16H2,1-4H3,(H,25,28)/t17-,19?,23+,24-/m0/s1. The summed E-state index contributed by atoms with van der Waals surface area (Å²) in [5, 5.41) is 9.91. The molecule has 4 rings (SSSR count). The first-order valence-corrected chi connectivity index (χ1v) is 11.2. The van der Waals surface area contributed by atoms with Crippen LogP contribution in [0.4, 0.5) is 4.79 Å². The highest BCUT2D eigenvalue weighted by molar-refractivity contribution is 5.95. The average Bonchev–Trinajstić information content (AvgIpc) is 3.33. The third kappa shape index (κ3) is 3.32. The van der Waals surface area contributed by atoms with Gasteiger partial charge in [0.25, 0.3) is 0 Å². The number of carbonyl (C=O) groups is 1. The molecule has 158 valence electrons. The Morgan fingerprint density at radius 1 is 1.28 bits per heavy atom. The zero-order valence-electron chi connectivity index (χ0n) is 18.3. The predicted octanol–water partition coefficient (Wildman–Crippen LogP) is 5.32. The summed E-state index contributed by atoms with van der Waals surface area (Å²) in [6.45, 7) is 7.38. The molecule has 29 heavy (non-hydrogen) atoms. The van der Waals surface area contributed by atoms with Crippen LogP contribution >= 0.6 is 0 Å². The minimum absolute atomic E-state index is 0.0427. The number of methoxy groups -OCH3 is 1. The van der Waals surface area contributed by atoms with Gasteiger partial charge in [-0.15, -0.1) is 0 Å². The van der Waals surface area contributed by atoms with Crippen molar-refractivity contribution in [3.63, 3.8) is 0 Å². The van der Waals surface area contributed by atoms with Crippen LogP contribution in [0.25, 0.3) is 0 Å². The fourth-order valence-corrected chi connectivity index (χ4v) is 5.87. The van der Waals surface area contributed by atoms with Crippen LogP contribution in [0.2, 0.25) is 0 Å². The molecular weight excluding hydrogens is 362 g/mol. The number of hydrazone groups is 1. The Kier molecular flexibility index (Phi) is 5.34. The van der Waals surface area contributed by atoms with Crippen LogP contribution in [0.1, 0.15) is 77.2 Å². The molecule has 5 heteroatoms. The third-order valence-electron chi connectivity index (χ3n) is 8.07. The molecular formula is C24H35N3O2. The molecule has 2 amide bonds. The van der Waals surface area contributed by atoms with E-state index in [1.165, 1.54) is 25.7 Å². The number of unbranched alkanes of at least 4 members (excludes halogenated alkanes) is 1. The molecule has 2 atom stereocenters. The second kappa shape index (κ2) is 7.66. The van der Waals surface area contributed by atoms with Crippen molar-refractivity contribution in [3.05, 3.63) is 29.8 Å². The van der Waals surface area contributed by atoms with Gasteiger partial charge in [0.05, 0.1) is 13.7 Å². The molecule has 2 saturated carbocycles. The van der Waals surface area contributed by atoms with Gasteiger partial charge in [-0.1, -0.05) is 38.5 Å². The van der Waals surface area contributed by atoms with Crippen molar-refractivity contribution in [2.24, 2.45) is 16.4 Å². The Morgan fingerprint density at radius 2 is 2.00 bits per heavy atom. The maximum absolute atomic E-state index is 13.3. The van der Waals surface area contributed by atoms with Crippen molar-refractivity contribution in [2.45, 2.75) is 77.2 Å². The lowest BCUT2D eigenvalue weighted by atomic mass is 9.76. The number of urea groups is 1. The van der Waals surface area contributed by atoms with Gasteiger partial charge in [0, 0.05) is 22.7 Å². The van der Waals surface area contributed by atoms with Crippen molar-refractivity contribution < 1.29 is 9.53 Å². The van der Waals surface area contributed by atoms with Crippen molar-refractivity contribution in [1.29, 1.82) is 0 Å². The second-order valence-corrected chi connectivity index (χ2v) is 9.54. The smallest absolute Gasteiger partial charge is 0.338 e. The number of benzene rings is 1. The van der Waals surface area contributed by atoms with Crippen LogP contribution in [0.15, 0.2) is 29.4 Å². The van der Waals surface area contributed by atoms with Crippen LogP contribution in [-0.4, -0.2) is 35.9 Å². The van der Waals surface area contributed by atoms with Crippen molar-refractivity contribution in [2.75, 3.05) is 13.7 Å². The van der Waals surface area contributed by atoms with E-state index in [-0.39, 0.29) is 22.9 Å². The lowest BCUT2D eigenvalue weighted by molar-refractivity contribution is 0.148. The first kappa shape index (κ1) is 20.2. The number of carbonyl (C=O) groups excluding carboxylic acids is 1. The van der Waals surface area contributed by atoms with Gasteiger partial charge >= 0.3 is 6.03 Å². The Labute approximate surface area is 174 Å². The molecule has 0 spiro atoms. The number of hydrogen-bond donors (Lipinski definition) is 1. The molecule has 1 aromatic carbocycles. The monoisotopic (exact) mass is 397 g/mol. The summed E-state index contributed by atoms with van der Waals surface area (Å²) in [6, 6.07) is 8.08. The molecule has 1 heterocycles. The van der Waals surface area contributed by atoms with E-state index in [2.05, 4.69) is 32.2 Å². The van der Waals surface area contributed by atoms with Crippen molar-refractivity contribution >= 4 is 11.7 Å². The van der Waals surface area contributed by atoms with E-state index < -0.39 is 0 Å². The first-order chi connectivity index (χ1) is 13.9. The van der Waals surface area contributed by atoms with Crippen LogP contribution in [0.5, 0.6) is 5.75 Å². The molecule has 5 nitrogen and oxygen atoms in total. The molecule has 1 N–H and O–H groups in total. The van der Waals surface area contributed by atoms with E-state index >= 15 is 0 Å². The van der Waals surface area contributed by atoms with Crippen LogP contribution in [0.3, 0.4) is 0 Å². The summed E-state index contributed by atoms with van der Waals surface area (Å²) in [4.78, 5) is 13.3. The minimum atomic E-state index is -0.119. The maximum Gasteiger partial charge on any atom is 0.338 e. The summed E-state index contributed by atoms with van der Waals surface area (Å²) in [5.74, 6) is 1.57. The molecule has 2 aliphatic carbocycles. The molecule has 2 fully saturated rings. The van der Waals surface area contributed by atoms with Gasteiger partial charge in [0.1, 0.15) is 5.75 Å². The third-order valence-corrected chi connectivity index (χ3v) is 8.07. The van der Waals surface area contributed by atoms with E-state index in [1.54, 1.807) is 12.1 Å². The van der Waals surface area contributed by atoms with Gasteiger partial charge in [-0.05, 0) is 62.8 Å². The predicted molar refractivity (Wildman–Crippen MR) is 116 cm³/mol. The van der Waals surface area contributed by atoms with E-state index in [0.29, 0.717) is 12.5 Å². The lowest BCUT2D eigenvalue weighted by Crippen LogP contribution is -2.56. The number of rotatable bonds is 6. The topological polar surface area (TPSA) is 53.9 Å². The lowest BCUT2D eigenvalue weighted by Gasteiger charge is -2.39. The highest BCUT2D eigenvalue weighted by Gasteiger charge is 2.60. The zero-order valence-corrected chi connectivity index (χ0v) is 18.3. The molecule has 1 unspecified atom stereocenters. The van der Waals surface area contributed by atoms with E-state index in [1.807, 2.05) is 18.2 Å². The normalized spacial score (nSPS) is 33.1. The number of ether oxygens (including phenoxy) is 1. The molecule has 0 aromatic heterocycles. The van der Waals surface area contributed by atoms with Gasteiger partial charge in [0.2, 0.25) is 0 Å². The van der Waals surface area contributed by atoms with Gasteiger partial charge in [-0.25, -0.2) is 9.80 Å². The molecule has 0 radical (unpaired) electrons. The first-order valence-electron chi connectivity index (χ1n) is 11.2. The summed E-state index contributed by atoms with van der Waals surface area (Å²) in [5.41, 5.74) is 2.31. The molecule has 1 aromatic rings. The zero-order chi connectivity index (χ0) is 20.6. The van der Waals surface area contributed by atoms with E-state index in [0.717, 1.165) is 36.3 Å². The number of nitrogens with zero attached hydrogens (tertiary/aromatic N) is 2. The molecule has 1 aliphatic heterocycles. The molecule has 3 aliphatic rings. The molecule has 2 bridgehead atoms. The number of fused-ring (bicyclic) bond motifs is 2. The van der Waals surface area contributed by atoms with Crippen LogP contribution in [0, 0.1) is 11.3 Å². The Balaban J connectivity index is 1.55. The quantitative estimate of drug-likeness (QED) is 0.706. The van der Waals surface area contributed by atoms with E-state index in [9.17, 15) is 4.79 Å². The average molecular weight is 398 g/mol. The summed E-state index contributed by atoms with van der Waals surface area (Å²) >= 11 is 0. The van der Waals surface area contributed by atoms with Crippen molar-refractivity contribution in [1.82, 2.24) is 10.3 Å². The Bertz CT molecular complexity index is 797. The fourth-order valence-electron chi connectivity index (χ4n) is 5.87. The maximum atomic E-state index is 13.3. The summed E-state index contributed by atoms with van der Waals surface area (Å²) in [6.07, 6.45) is 7.98. The van der Waals surface area contributed by atoms with Crippen molar-refractivity contribution in [3.8, 4) is 5.75 Å². The largest absolute Gasteiger partial charge is 0.496 e. The Morgan fingerprint density at radius 3 is 2.62 bits per heavy atom. The highest BCUT2D eigenvalue weighted by Crippen LogP contribution is 2.60. The Hall–Kier alpha value is -2.04.